The van der Waals surface area contributed by atoms with E-state index in [2.05, 4.69) is 36.3 Å². The zero-order valence-corrected chi connectivity index (χ0v) is 12.4. The molecule has 0 bridgehead atoms. The van der Waals surface area contributed by atoms with Crippen LogP contribution in [0.25, 0.3) is 0 Å². The zero-order chi connectivity index (χ0) is 15.1. The van der Waals surface area contributed by atoms with Crippen LogP contribution in [0.1, 0.15) is 35.7 Å². The summed E-state index contributed by atoms with van der Waals surface area (Å²) in [4.78, 5) is 15.7. The molecule has 4 heteroatoms. The number of hydrogen-bond donors (Lipinski definition) is 1. The molecule has 0 aliphatic rings. The summed E-state index contributed by atoms with van der Waals surface area (Å²) < 4.78 is 5.60. The van der Waals surface area contributed by atoms with Crippen molar-refractivity contribution in [3.05, 3.63) is 59.9 Å². The van der Waals surface area contributed by atoms with Gasteiger partial charge in [-0.15, -0.1) is 0 Å². The number of amides is 1. The number of benzene rings is 1. The monoisotopic (exact) mass is 284 g/mol. The summed E-state index contributed by atoms with van der Waals surface area (Å²) in [5.74, 6) is 1.22. The maximum Gasteiger partial charge on any atom is 0.251 e. The first-order valence-corrected chi connectivity index (χ1v) is 7.08. The summed E-state index contributed by atoms with van der Waals surface area (Å²) in [7, 11) is 0. The van der Waals surface area contributed by atoms with E-state index in [0.717, 1.165) is 5.75 Å². The fraction of sp³-hybridized carbons (Fsp3) is 0.294. The van der Waals surface area contributed by atoms with Gasteiger partial charge in [0.2, 0.25) is 0 Å². The number of carbonyl (C=O) groups excluding carboxylic acids is 1. The standard InChI is InChI=1S/C17H20N2O2/c1-13(2)14-3-5-16(6-4-14)21-12-11-19-17(20)15-7-9-18-10-8-15/h3-10,13H,11-12H2,1-2H3,(H,19,20). The molecule has 1 amide bonds. The average molecular weight is 284 g/mol. The Morgan fingerprint density at radius 3 is 2.43 bits per heavy atom. The van der Waals surface area contributed by atoms with E-state index in [1.165, 1.54) is 5.56 Å². The molecule has 21 heavy (non-hydrogen) atoms. The molecule has 1 aromatic carbocycles. The van der Waals surface area contributed by atoms with Gasteiger partial charge in [0.1, 0.15) is 12.4 Å². The molecule has 110 valence electrons. The Kier molecular flexibility index (Phi) is 5.32. The number of nitrogens with one attached hydrogen (secondary N) is 1. The van der Waals surface area contributed by atoms with E-state index in [1.54, 1.807) is 24.5 Å². The van der Waals surface area contributed by atoms with E-state index in [4.69, 9.17) is 4.74 Å². The van der Waals surface area contributed by atoms with E-state index in [-0.39, 0.29) is 5.91 Å². The first kappa shape index (κ1) is 15.0. The summed E-state index contributed by atoms with van der Waals surface area (Å²) >= 11 is 0. The van der Waals surface area contributed by atoms with Crippen LogP contribution in [0.2, 0.25) is 0 Å². The maximum absolute atomic E-state index is 11.8. The normalized spacial score (nSPS) is 10.4. The lowest BCUT2D eigenvalue weighted by Crippen LogP contribution is -2.28. The summed E-state index contributed by atoms with van der Waals surface area (Å²) in [5.41, 5.74) is 1.89. The summed E-state index contributed by atoms with van der Waals surface area (Å²) in [6.07, 6.45) is 3.20. The highest BCUT2D eigenvalue weighted by Gasteiger charge is 2.04. The lowest BCUT2D eigenvalue weighted by Gasteiger charge is -2.09. The summed E-state index contributed by atoms with van der Waals surface area (Å²) in [6, 6.07) is 11.4. The van der Waals surface area contributed by atoms with E-state index in [1.807, 2.05) is 12.1 Å². The van der Waals surface area contributed by atoms with Gasteiger partial charge in [-0.25, -0.2) is 0 Å². The highest BCUT2D eigenvalue weighted by molar-refractivity contribution is 5.93. The zero-order valence-electron chi connectivity index (χ0n) is 12.4. The van der Waals surface area contributed by atoms with Crippen LogP contribution in [0, 0.1) is 0 Å². The minimum atomic E-state index is -0.115. The number of ether oxygens (including phenoxy) is 1. The number of carbonyl (C=O) groups is 1. The molecule has 0 atom stereocenters. The molecule has 1 aromatic heterocycles. The maximum atomic E-state index is 11.8. The van der Waals surface area contributed by atoms with Crippen LogP contribution in [0.5, 0.6) is 5.75 Å². The van der Waals surface area contributed by atoms with Gasteiger partial charge in [0, 0.05) is 18.0 Å². The van der Waals surface area contributed by atoms with E-state index in [9.17, 15) is 4.79 Å². The Labute approximate surface area is 125 Å². The fourth-order valence-corrected chi connectivity index (χ4v) is 1.89. The van der Waals surface area contributed by atoms with Crippen molar-refractivity contribution in [3.8, 4) is 5.75 Å². The third kappa shape index (κ3) is 4.60. The Balaban J connectivity index is 1.73. The van der Waals surface area contributed by atoms with Crippen molar-refractivity contribution in [2.24, 2.45) is 0 Å². The molecule has 1 N–H and O–H groups in total. The molecule has 2 aromatic rings. The van der Waals surface area contributed by atoms with Crippen LogP contribution < -0.4 is 10.1 Å². The lowest BCUT2D eigenvalue weighted by molar-refractivity contribution is 0.0947. The van der Waals surface area contributed by atoms with Crippen molar-refractivity contribution < 1.29 is 9.53 Å². The number of nitrogens with zero attached hydrogens (tertiary/aromatic N) is 1. The molecule has 1 heterocycles. The molecular formula is C17H20N2O2. The molecule has 2 rings (SSSR count). The van der Waals surface area contributed by atoms with E-state index >= 15 is 0 Å². The molecule has 0 aliphatic heterocycles. The van der Waals surface area contributed by atoms with Crippen LogP contribution in [-0.4, -0.2) is 24.0 Å². The third-order valence-electron chi connectivity index (χ3n) is 3.15. The van der Waals surface area contributed by atoms with Crippen molar-refractivity contribution in [2.45, 2.75) is 19.8 Å². The molecule has 0 radical (unpaired) electrons. The van der Waals surface area contributed by atoms with Gasteiger partial charge >= 0.3 is 0 Å². The third-order valence-corrected chi connectivity index (χ3v) is 3.15. The van der Waals surface area contributed by atoms with E-state index in [0.29, 0.717) is 24.6 Å². The van der Waals surface area contributed by atoms with Crippen molar-refractivity contribution in [3.63, 3.8) is 0 Å². The number of hydrogen-bond acceptors (Lipinski definition) is 3. The van der Waals surface area contributed by atoms with Crippen LogP contribution >= 0.6 is 0 Å². The second-order valence-corrected chi connectivity index (χ2v) is 5.06. The second-order valence-electron chi connectivity index (χ2n) is 5.06. The van der Waals surface area contributed by atoms with Crippen LogP contribution in [0.15, 0.2) is 48.8 Å². The molecule has 0 fully saturated rings. The molecule has 0 saturated heterocycles. The summed E-state index contributed by atoms with van der Waals surface area (Å²) in [5, 5.41) is 2.81. The molecule has 0 aliphatic carbocycles. The van der Waals surface area contributed by atoms with Gasteiger partial charge in [-0.3, -0.25) is 9.78 Å². The largest absolute Gasteiger partial charge is 0.492 e. The van der Waals surface area contributed by atoms with Crippen LogP contribution in [0.3, 0.4) is 0 Å². The fourth-order valence-electron chi connectivity index (χ4n) is 1.89. The SMILES string of the molecule is CC(C)c1ccc(OCCNC(=O)c2ccncc2)cc1. The number of aromatic nitrogens is 1. The molecule has 0 spiro atoms. The first-order valence-electron chi connectivity index (χ1n) is 7.08. The topological polar surface area (TPSA) is 51.2 Å². The predicted molar refractivity (Wildman–Crippen MR) is 82.6 cm³/mol. The molecule has 0 saturated carbocycles. The highest BCUT2D eigenvalue weighted by atomic mass is 16.5. The Morgan fingerprint density at radius 2 is 1.81 bits per heavy atom. The molecule has 4 nitrogen and oxygen atoms in total. The average Bonchev–Trinajstić information content (AvgIpc) is 2.52. The van der Waals surface area contributed by atoms with Gasteiger partial charge < -0.3 is 10.1 Å². The summed E-state index contributed by atoms with van der Waals surface area (Å²) in [6.45, 7) is 5.22. The second kappa shape index (κ2) is 7.43. The quantitative estimate of drug-likeness (QED) is 0.830. The minimum Gasteiger partial charge on any atom is -0.492 e. The number of pyridine rings is 1. The Bertz CT molecular complexity index is 565. The Morgan fingerprint density at radius 1 is 1.14 bits per heavy atom. The van der Waals surface area contributed by atoms with Crippen LogP contribution in [-0.2, 0) is 0 Å². The highest BCUT2D eigenvalue weighted by Crippen LogP contribution is 2.18. The predicted octanol–water partition coefficient (Wildman–Crippen LogP) is 3.01. The first-order chi connectivity index (χ1) is 10.2. The van der Waals surface area contributed by atoms with Gasteiger partial charge in [-0.05, 0) is 35.7 Å². The van der Waals surface area contributed by atoms with Gasteiger partial charge in [0.05, 0.1) is 6.54 Å². The van der Waals surface area contributed by atoms with Crippen molar-refractivity contribution in [1.82, 2.24) is 10.3 Å². The lowest BCUT2D eigenvalue weighted by atomic mass is 10.0. The Hall–Kier alpha value is -2.36. The van der Waals surface area contributed by atoms with Gasteiger partial charge in [-0.2, -0.15) is 0 Å². The van der Waals surface area contributed by atoms with E-state index < -0.39 is 0 Å². The minimum absolute atomic E-state index is 0.115. The van der Waals surface area contributed by atoms with Crippen molar-refractivity contribution in [2.75, 3.05) is 13.2 Å². The van der Waals surface area contributed by atoms with Gasteiger partial charge in [0.15, 0.2) is 0 Å². The van der Waals surface area contributed by atoms with Crippen molar-refractivity contribution in [1.29, 1.82) is 0 Å². The van der Waals surface area contributed by atoms with Gasteiger partial charge in [0.25, 0.3) is 5.91 Å². The number of rotatable bonds is 6. The molecule has 0 unspecified atom stereocenters. The van der Waals surface area contributed by atoms with Crippen LogP contribution in [0.4, 0.5) is 0 Å². The smallest absolute Gasteiger partial charge is 0.251 e. The van der Waals surface area contributed by atoms with Crippen molar-refractivity contribution >= 4 is 5.91 Å². The molecular weight excluding hydrogens is 264 g/mol. The van der Waals surface area contributed by atoms with Gasteiger partial charge in [-0.1, -0.05) is 26.0 Å².